The third-order valence-corrected chi connectivity index (χ3v) is 4.81. The summed E-state index contributed by atoms with van der Waals surface area (Å²) in [6.45, 7) is 2.71. The standard InChI is InChI=1S/C11H15ClN2O3S/c1-7-10(12)4-9(5-11(7)13)18(15,16)14-8-2-3-17-6-8/h4-5,8,14H,2-3,6,13H2,1H3. The van der Waals surface area contributed by atoms with E-state index in [4.69, 9.17) is 22.1 Å². The van der Waals surface area contributed by atoms with Crippen molar-refractivity contribution in [2.75, 3.05) is 18.9 Å². The van der Waals surface area contributed by atoms with Crippen LogP contribution in [0, 0.1) is 6.92 Å². The Balaban J connectivity index is 2.29. The first-order valence-corrected chi connectivity index (χ1v) is 7.42. The summed E-state index contributed by atoms with van der Waals surface area (Å²) >= 11 is 5.94. The number of hydrogen-bond donors (Lipinski definition) is 2. The highest BCUT2D eigenvalue weighted by Crippen LogP contribution is 2.26. The Morgan fingerprint density at radius 1 is 1.50 bits per heavy atom. The molecule has 1 atom stereocenters. The lowest BCUT2D eigenvalue weighted by Crippen LogP contribution is -2.35. The Morgan fingerprint density at radius 3 is 2.78 bits per heavy atom. The Kier molecular flexibility index (Phi) is 3.82. The predicted molar refractivity (Wildman–Crippen MR) is 70.1 cm³/mol. The molecule has 100 valence electrons. The predicted octanol–water partition coefficient (Wildman–Crippen LogP) is 1.30. The molecule has 18 heavy (non-hydrogen) atoms. The van der Waals surface area contributed by atoms with E-state index in [0.29, 0.717) is 35.9 Å². The molecule has 0 radical (unpaired) electrons. The molecule has 1 aliphatic heterocycles. The molecule has 2 rings (SSSR count). The summed E-state index contributed by atoms with van der Waals surface area (Å²) in [7, 11) is -3.60. The number of nitrogens with two attached hydrogens (primary N) is 1. The van der Waals surface area contributed by atoms with E-state index < -0.39 is 10.0 Å². The molecule has 1 aromatic rings. The molecule has 0 aliphatic carbocycles. The second kappa shape index (κ2) is 5.05. The van der Waals surface area contributed by atoms with Crippen LogP contribution in [0.1, 0.15) is 12.0 Å². The second-order valence-corrected chi connectivity index (χ2v) is 6.42. The molecule has 0 amide bonds. The highest BCUT2D eigenvalue weighted by atomic mass is 35.5. The largest absolute Gasteiger partial charge is 0.398 e. The maximum atomic E-state index is 12.1. The molecule has 1 aromatic carbocycles. The summed E-state index contributed by atoms with van der Waals surface area (Å²) in [5.74, 6) is 0. The molecule has 1 saturated heterocycles. The van der Waals surface area contributed by atoms with E-state index in [9.17, 15) is 8.42 Å². The molecule has 1 heterocycles. The minimum absolute atomic E-state index is 0.0856. The monoisotopic (exact) mass is 290 g/mol. The van der Waals surface area contributed by atoms with Gasteiger partial charge in [0.25, 0.3) is 0 Å². The van der Waals surface area contributed by atoms with E-state index in [0.717, 1.165) is 0 Å². The van der Waals surface area contributed by atoms with Crippen molar-refractivity contribution in [3.8, 4) is 0 Å². The first-order valence-electron chi connectivity index (χ1n) is 5.56. The zero-order valence-electron chi connectivity index (χ0n) is 9.94. The smallest absolute Gasteiger partial charge is 0.241 e. The number of ether oxygens (including phenoxy) is 1. The van der Waals surface area contributed by atoms with Crippen LogP contribution in [0.4, 0.5) is 5.69 Å². The highest BCUT2D eigenvalue weighted by Gasteiger charge is 2.24. The summed E-state index contributed by atoms with van der Waals surface area (Å²) in [6, 6.07) is 2.64. The Labute approximate surface area is 111 Å². The van der Waals surface area contributed by atoms with Crippen LogP contribution >= 0.6 is 11.6 Å². The van der Waals surface area contributed by atoms with Crippen molar-refractivity contribution in [1.29, 1.82) is 0 Å². The lowest BCUT2D eigenvalue weighted by molar-refractivity contribution is 0.192. The maximum absolute atomic E-state index is 12.1. The topological polar surface area (TPSA) is 81.4 Å². The molecule has 0 bridgehead atoms. The molecule has 0 aromatic heterocycles. The van der Waals surface area contributed by atoms with Crippen molar-refractivity contribution in [2.45, 2.75) is 24.3 Å². The SMILES string of the molecule is Cc1c(N)cc(S(=O)(=O)NC2CCOC2)cc1Cl. The summed E-state index contributed by atoms with van der Waals surface area (Å²) < 4.78 is 32.0. The quantitative estimate of drug-likeness (QED) is 0.822. The van der Waals surface area contributed by atoms with E-state index in [2.05, 4.69) is 4.72 Å². The number of hydrogen-bond acceptors (Lipinski definition) is 4. The lowest BCUT2D eigenvalue weighted by atomic mass is 10.2. The van der Waals surface area contributed by atoms with Crippen LogP contribution in [0.15, 0.2) is 17.0 Å². The van der Waals surface area contributed by atoms with E-state index in [-0.39, 0.29) is 10.9 Å². The molecule has 0 saturated carbocycles. The summed E-state index contributed by atoms with van der Waals surface area (Å²) in [5.41, 5.74) is 6.77. The van der Waals surface area contributed by atoms with Gasteiger partial charge in [-0.3, -0.25) is 0 Å². The summed E-state index contributed by atoms with van der Waals surface area (Å²) in [5, 5.41) is 0.345. The van der Waals surface area contributed by atoms with Crippen molar-refractivity contribution < 1.29 is 13.2 Å². The third-order valence-electron chi connectivity index (χ3n) is 2.92. The summed E-state index contributed by atoms with van der Waals surface area (Å²) in [6.07, 6.45) is 0.675. The Bertz CT molecular complexity index is 530. The van der Waals surface area contributed by atoms with Crippen molar-refractivity contribution >= 4 is 27.3 Å². The molecule has 5 nitrogen and oxygen atoms in total. The fraction of sp³-hybridized carbons (Fsp3) is 0.455. The number of anilines is 1. The van der Waals surface area contributed by atoms with Crippen LogP contribution in [0.3, 0.4) is 0 Å². The van der Waals surface area contributed by atoms with Crippen molar-refractivity contribution in [1.82, 2.24) is 4.72 Å². The summed E-state index contributed by atoms with van der Waals surface area (Å²) in [4.78, 5) is 0.0856. The van der Waals surface area contributed by atoms with Crippen molar-refractivity contribution in [3.63, 3.8) is 0 Å². The normalized spacial score (nSPS) is 20.2. The van der Waals surface area contributed by atoms with Crippen molar-refractivity contribution in [3.05, 3.63) is 22.7 Å². The third kappa shape index (κ3) is 2.77. The molecule has 1 aliphatic rings. The Hall–Kier alpha value is -0.820. The first kappa shape index (κ1) is 13.6. The number of halogens is 1. The molecular weight excluding hydrogens is 276 g/mol. The zero-order valence-corrected chi connectivity index (χ0v) is 11.5. The number of sulfonamides is 1. The van der Waals surface area contributed by atoms with Gasteiger partial charge in [-0.2, -0.15) is 0 Å². The molecule has 0 spiro atoms. The second-order valence-electron chi connectivity index (χ2n) is 4.30. The van der Waals surface area contributed by atoms with E-state index in [1.54, 1.807) is 6.92 Å². The fourth-order valence-electron chi connectivity index (χ4n) is 1.74. The Morgan fingerprint density at radius 2 is 2.22 bits per heavy atom. The van der Waals surface area contributed by atoms with Crippen molar-refractivity contribution in [2.24, 2.45) is 0 Å². The van der Waals surface area contributed by atoms with Crippen LogP contribution in [-0.4, -0.2) is 27.7 Å². The van der Waals surface area contributed by atoms with Gasteiger partial charge in [-0.25, -0.2) is 13.1 Å². The minimum atomic E-state index is -3.60. The van der Waals surface area contributed by atoms with Gasteiger partial charge < -0.3 is 10.5 Å². The van der Waals surface area contributed by atoms with E-state index >= 15 is 0 Å². The van der Waals surface area contributed by atoms with Gasteiger partial charge >= 0.3 is 0 Å². The van der Waals surface area contributed by atoms with Gasteiger partial charge in [-0.1, -0.05) is 11.6 Å². The van der Waals surface area contributed by atoms with E-state index in [1.165, 1.54) is 12.1 Å². The van der Waals surface area contributed by atoms with Gasteiger partial charge in [-0.15, -0.1) is 0 Å². The van der Waals surface area contributed by atoms with Gasteiger partial charge in [0, 0.05) is 23.4 Å². The number of rotatable bonds is 3. The van der Waals surface area contributed by atoms with Gasteiger partial charge in [0.15, 0.2) is 0 Å². The first-order chi connectivity index (χ1) is 8.40. The number of nitrogens with one attached hydrogen (secondary N) is 1. The molecule has 1 unspecified atom stereocenters. The van der Waals surface area contributed by atoms with Gasteiger partial charge in [0.2, 0.25) is 10.0 Å². The van der Waals surface area contributed by atoms with Gasteiger partial charge in [0.1, 0.15) is 0 Å². The molecule has 3 N–H and O–H groups in total. The zero-order chi connectivity index (χ0) is 13.3. The maximum Gasteiger partial charge on any atom is 0.241 e. The van der Waals surface area contributed by atoms with Crippen LogP contribution < -0.4 is 10.5 Å². The van der Waals surface area contributed by atoms with Crippen LogP contribution in [0.2, 0.25) is 5.02 Å². The van der Waals surface area contributed by atoms with E-state index in [1.807, 2.05) is 0 Å². The lowest BCUT2D eigenvalue weighted by Gasteiger charge is -2.13. The highest BCUT2D eigenvalue weighted by molar-refractivity contribution is 7.89. The minimum Gasteiger partial charge on any atom is -0.398 e. The number of benzene rings is 1. The van der Waals surface area contributed by atoms with Crippen LogP contribution in [0.5, 0.6) is 0 Å². The fourth-order valence-corrected chi connectivity index (χ4v) is 3.35. The van der Waals surface area contributed by atoms with Gasteiger partial charge in [0.05, 0.1) is 11.5 Å². The van der Waals surface area contributed by atoms with Gasteiger partial charge in [-0.05, 0) is 31.0 Å². The average molecular weight is 291 g/mol. The molecule has 1 fully saturated rings. The molecular formula is C11H15ClN2O3S. The average Bonchev–Trinajstić information content (AvgIpc) is 2.77. The molecule has 7 heteroatoms. The number of nitrogen functional groups attached to an aromatic ring is 1. The van der Waals surface area contributed by atoms with Crippen LogP contribution in [0.25, 0.3) is 0 Å². The van der Waals surface area contributed by atoms with Crippen LogP contribution in [-0.2, 0) is 14.8 Å².